The molecule has 0 bridgehead atoms. The van der Waals surface area contributed by atoms with E-state index in [0.29, 0.717) is 50.6 Å². The third-order valence-electron chi connectivity index (χ3n) is 6.56. The van der Waals surface area contributed by atoms with Crippen molar-refractivity contribution in [3.05, 3.63) is 83.7 Å². The van der Waals surface area contributed by atoms with Gasteiger partial charge in [0.25, 0.3) is 5.91 Å². The van der Waals surface area contributed by atoms with Gasteiger partial charge in [-0.2, -0.15) is 0 Å². The summed E-state index contributed by atoms with van der Waals surface area (Å²) in [6.07, 6.45) is 6.76. The number of rotatable bonds is 7. The van der Waals surface area contributed by atoms with Gasteiger partial charge in [-0.1, -0.05) is 38.1 Å². The molecule has 1 saturated heterocycles. The van der Waals surface area contributed by atoms with E-state index in [1.54, 1.807) is 12.4 Å². The van der Waals surface area contributed by atoms with E-state index in [0.717, 1.165) is 23.5 Å². The molecule has 0 aliphatic carbocycles. The maximum atomic E-state index is 13.8. The lowest BCUT2D eigenvalue weighted by Gasteiger charge is -2.25. The third kappa shape index (κ3) is 6.35. The minimum atomic E-state index is 0.0162. The number of aromatic nitrogens is 3. The maximum Gasteiger partial charge on any atom is 0.254 e. The molecule has 0 spiro atoms. The molecule has 0 N–H and O–H groups in total. The Morgan fingerprint density at radius 1 is 0.971 bits per heavy atom. The van der Waals surface area contributed by atoms with E-state index in [1.807, 2.05) is 70.0 Å². The number of nitrogens with zero attached hydrogens (tertiary/aromatic N) is 5. The van der Waals surface area contributed by atoms with Crippen molar-refractivity contribution >= 4 is 11.8 Å². The summed E-state index contributed by atoms with van der Waals surface area (Å²) in [6.45, 7) is 9.01. The zero-order valence-corrected chi connectivity index (χ0v) is 20.9. The summed E-state index contributed by atoms with van der Waals surface area (Å²) in [5.41, 5.74) is 2.66. The Labute approximate surface area is 207 Å². The van der Waals surface area contributed by atoms with Crippen molar-refractivity contribution in [1.29, 1.82) is 0 Å². The molecular formula is C28H35N5O2. The topological polar surface area (TPSA) is 71.3 Å². The average Bonchev–Trinajstić information content (AvgIpc) is 3.12. The largest absolute Gasteiger partial charge is 0.341 e. The molecule has 1 aliphatic heterocycles. The van der Waals surface area contributed by atoms with E-state index in [-0.39, 0.29) is 17.7 Å². The molecule has 7 heteroatoms. The molecular weight excluding hydrogens is 438 g/mol. The van der Waals surface area contributed by atoms with Crippen LogP contribution in [0.5, 0.6) is 0 Å². The molecule has 1 atom stereocenters. The third-order valence-corrected chi connectivity index (χ3v) is 6.56. The second kappa shape index (κ2) is 11.3. The molecule has 7 nitrogen and oxygen atoms in total. The highest BCUT2D eigenvalue weighted by Gasteiger charge is 2.30. The Morgan fingerprint density at radius 3 is 2.43 bits per heavy atom. The maximum absolute atomic E-state index is 13.8. The van der Waals surface area contributed by atoms with Gasteiger partial charge in [0.1, 0.15) is 5.82 Å². The van der Waals surface area contributed by atoms with Crippen molar-refractivity contribution in [3.63, 3.8) is 0 Å². The minimum absolute atomic E-state index is 0.0162. The number of hydrogen-bond acceptors (Lipinski definition) is 4. The minimum Gasteiger partial charge on any atom is -0.341 e. The average molecular weight is 474 g/mol. The van der Waals surface area contributed by atoms with Gasteiger partial charge in [0.05, 0.1) is 0 Å². The standard InChI is InChI=1S/C28H35N5O2/c1-21(2)16-27(34)32-14-15-33(19-23(18-32)17-25-9-6-7-11-30-25)28(35)26-10-5-4-8-24(26)20-31-13-12-29-22(31)3/h4-13,21,23H,14-20H2,1-3H3. The van der Waals surface area contributed by atoms with Crippen LogP contribution in [0.25, 0.3) is 0 Å². The van der Waals surface area contributed by atoms with Crippen LogP contribution in [-0.4, -0.2) is 62.3 Å². The van der Waals surface area contributed by atoms with Crippen molar-refractivity contribution in [1.82, 2.24) is 24.3 Å². The van der Waals surface area contributed by atoms with E-state index in [4.69, 9.17) is 0 Å². The lowest BCUT2D eigenvalue weighted by molar-refractivity contribution is -0.132. The van der Waals surface area contributed by atoms with E-state index >= 15 is 0 Å². The van der Waals surface area contributed by atoms with Crippen molar-refractivity contribution in [2.75, 3.05) is 26.2 Å². The van der Waals surface area contributed by atoms with Crippen molar-refractivity contribution in [2.45, 2.75) is 40.2 Å². The summed E-state index contributed by atoms with van der Waals surface area (Å²) < 4.78 is 2.05. The monoisotopic (exact) mass is 473 g/mol. The van der Waals surface area contributed by atoms with Crippen LogP contribution in [0.1, 0.15) is 47.7 Å². The summed E-state index contributed by atoms with van der Waals surface area (Å²) in [4.78, 5) is 39.5. The van der Waals surface area contributed by atoms with Crippen LogP contribution in [0.15, 0.2) is 61.1 Å². The summed E-state index contributed by atoms with van der Waals surface area (Å²) in [6, 6.07) is 13.7. The Bertz CT molecular complexity index is 1140. The van der Waals surface area contributed by atoms with Crippen LogP contribution in [0.2, 0.25) is 0 Å². The molecule has 184 valence electrons. The SMILES string of the molecule is Cc1nccn1Cc1ccccc1C(=O)N1CCN(C(=O)CC(C)C)CC(Cc2ccccn2)C1. The normalized spacial score (nSPS) is 16.4. The number of benzene rings is 1. The van der Waals surface area contributed by atoms with Gasteiger partial charge in [-0.3, -0.25) is 14.6 Å². The number of imidazole rings is 1. The molecule has 1 unspecified atom stereocenters. The quantitative estimate of drug-likeness (QED) is 0.523. The Balaban J connectivity index is 1.57. The molecule has 1 aliphatic rings. The highest BCUT2D eigenvalue weighted by molar-refractivity contribution is 5.95. The molecule has 0 radical (unpaired) electrons. The van der Waals surface area contributed by atoms with Crippen molar-refractivity contribution in [2.24, 2.45) is 11.8 Å². The van der Waals surface area contributed by atoms with E-state index in [2.05, 4.69) is 23.8 Å². The van der Waals surface area contributed by atoms with Gasteiger partial charge in [0.2, 0.25) is 5.91 Å². The first-order chi connectivity index (χ1) is 16.9. The summed E-state index contributed by atoms with van der Waals surface area (Å²) in [5.74, 6) is 1.52. The first-order valence-electron chi connectivity index (χ1n) is 12.4. The molecule has 2 aromatic heterocycles. The second-order valence-electron chi connectivity index (χ2n) is 9.84. The summed E-state index contributed by atoms with van der Waals surface area (Å²) in [5, 5.41) is 0. The van der Waals surface area contributed by atoms with Crippen molar-refractivity contribution < 1.29 is 9.59 Å². The van der Waals surface area contributed by atoms with Crippen molar-refractivity contribution in [3.8, 4) is 0 Å². The zero-order valence-electron chi connectivity index (χ0n) is 20.9. The van der Waals surface area contributed by atoms with Crippen LogP contribution >= 0.6 is 0 Å². The zero-order chi connectivity index (χ0) is 24.8. The molecule has 1 fully saturated rings. The van der Waals surface area contributed by atoms with Crippen LogP contribution in [0.3, 0.4) is 0 Å². The van der Waals surface area contributed by atoms with Gasteiger partial charge in [-0.05, 0) is 48.9 Å². The fraction of sp³-hybridized carbons (Fsp3) is 0.429. The van der Waals surface area contributed by atoms with Gasteiger partial charge >= 0.3 is 0 Å². The van der Waals surface area contributed by atoms with Crippen LogP contribution in [0.4, 0.5) is 0 Å². The first kappa shape index (κ1) is 24.6. The summed E-state index contributed by atoms with van der Waals surface area (Å²) >= 11 is 0. The molecule has 0 saturated carbocycles. The highest BCUT2D eigenvalue weighted by Crippen LogP contribution is 2.20. The molecule has 4 rings (SSSR count). The number of carbonyl (C=O) groups is 2. The lowest BCUT2D eigenvalue weighted by atomic mass is 10.00. The Morgan fingerprint density at radius 2 is 1.71 bits per heavy atom. The molecule has 3 heterocycles. The summed E-state index contributed by atoms with van der Waals surface area (Å²) in [7, 11) is 0. The lowest BCUT2D eigenvalue weighted by Crippen LogP contribution is -2.38. The number of aryl methyl sites for hydroxylation is 1. The number of amides is 2. The second-order valence-corrected chi connectivity index (χ2v) is 9.84. The predicted octanol–water partition coefficient (Wildman–Crippen LogP) is 3.82. The van der Waals surface area contributed by atoms with Crippen LogP contribution < -0.4 is 0 Å². The molecule has 3 aromatic rings. The Kier molecular flexibility index (Phi) is 7.95. The number of pyridine rings is 1. The fourth-order valence-corrected chi connectivity index (χ4v) is 4.73. The number of hydrogen-bond donors (Lipinski definition) is 0. The Hall–Kier alpha value is -3.48. The van der Waals surface area contributed by atoms with Crippen LogP contribution in [-0.2, 0) is 17.8 Å². The first-order valence-corrected chi connectivity index (χ1v) is 12.4. The molecule has 1 aromatic carbocycles. The van der Waals surface area contributed by atoms with E-state index in [9.17, 15) is 9.59 Å². The predicted molar refractivity (Wildman–Crippen MR) is 136 cm³/mol. The highest BCUT2D eigenvalue weighted by atomic mass is 16.2. The van der Waals surface area contributed by atoms with E-state index in [1.165, 1.54) is 0 Å². The number of carbonyl (C=O) groups excluding carboxylic acids is 2. The van der Waals surface area contributed by atoms with Gasteiger partial charge in [0.15, 0.2) is 0 Å². The van der Waals surface area contributed by atoms with Crippen LogP contribution in [0, 0.1) is 18.8 Å². The van der Waals surface area contributed by atoms with Gasteiger partial charge in [-0.25, -0.2) is 4.98 Å². The van der Waals surface area contributed by atoms with Gasteiger partial charge in [0, 0.05) is 69.0 Å². The van der Waals surface area contributed by atoms with Gasteiger partial charge < -0.3 is 14.4 Å². The molecule has 2 amide bonds. The molecule has 35 heavy (non-hydrogen) atoms. The van der Waals surface area contributed by atoms with E-state index < -0.39 is 0 Å². The smallest absolute Gasteiger partial charge is 0.254 e. The van der Waals surface area contributed by atoms with Gasteiger partial charge in [-0.15, -0.1) is 0 Å². The fourth-order valence-electron chi connectivity index (χ4n) is 4.73.